The molecule has 0 aliphatic heterocycles. The minimum absolute atomic E-state index is 0.0256. The summed E-state index contributed by atoms with van der Waals surface area (Å²) in [7, 11) is 0. The summed E-state index contributed by atoms with van der Waals surface area (Å²) < 4.78 is 10.2. The number of esters is 2. The van der Waals surface area contributed by atoms with E-state index in [0.29, 0.717) is 0 Å². The van der Waals surface area contributed by atoms with E-state index in [9.17, 15) is 9.59 Å². The van der Waals surface area contributed by atoms with E-state index in [1.165, 1.54) is 0 Å². The van der Waals surface area contributed by atoms with E-state index in [1.54, 1.807) is 13.8 Å². The number of hydrogen-bond acceptors (Lipinski definition) is 4. The lowest BCUT2D eigenvalue weighted by Crippen LogP contribution is -2.41. The molecule has 0 saturated carbocycles. The number of carbonyl (C=O) groups is 2. The summed E-state index contributed by atoms with van der Waals surface area (Å²) in [5, 5.41) is 0. The van der Waals surface area contributed by atoms with Gasteiger partial charge in [-0.25, -0.2) is 0 Å². The predicted octanol–water partition coefficient (Wildman–Crippen LogP) is 3.65. The normalized spacial score (nSPS) is 11.7. The van der Waals surface area contributed by atoms with Gasteiger partial charge < -0.3 is 9.47 Å². The van der Waals surface area contributed by atoms with Crippen molar-refractivity contribution in [1.82, 2.24) is 0 Å². The fourth-order valence-corrected chi connectivity index (χ4v) is 2.09. The molecule has 0 aromatic rings. The zero-order chi connectivity index (χ0) is 17.0. The van der Waals surface area contributed by atoms with Crippen molar-refractivity contribution in [2.75, 3.05) is 13.2 Å². The summed E-state index contributed by atoms with van der Waals surface area (Å²) in [6.45, 7) is 7.91. The van der Waals surface area contributed by atoms with Gasteiger partial charge in [0.2, 0.25) is 0 Å². The molecule has 0 amide bonds. The van der Waals surface area contributed by atoms with Crippen molar-refractivity contribution in [3.8, 4) is 12.3 Å². The molecule has 0 spiro atoms. The van der Waals surface area contributed by atoms with Gasteiger partial charge in [0, 0.05) is 6.42 Å². The van der Waals surface area contributed by atoms with Gasteiger partial charge in [0.15, 0.2) is 5.41 Å². The standard InChI is InChI=1S/C18H28O4/c1-6-10-11-15(5)12-14-18(13-7-2,16(19)21-8-3)17(20)22-9-4/h2,12H,6,8-11,13-14H2,1,3-5H3/b15-12+. The SMILES string of the molecule is C#CCC(C/C=C(\C)CCCC)(C(=O)OCC)C(=O)OCC. The number of terminal acetylenes is 1. The molecule has 4 heteroatoms. The number of rotatable bonds is 10. The molecule has 0 radical (unpaired) electrons. The molecule has 0 aliphatic carbocycles. The third-order valence-corrected chi connectivity index (χ3v) is 3.46. The van der Waals surface area contributed by atoms with E-state index < -0.39 is 17.4 Å². The van der Waals surface area contributed by atoms with E-state index in [-0.39, 0.29) is 26.1 Å². The van der Waals surface area contributed by atoms with Gasteiger partial charge in [0.05, 0.1) is 13.2 Å². The maximum Gasteiger partial charge on any atom is 0.324 e. The Balaban J connectivity index is 5.40. The number of hydrogen-bond donors (Lipinski definition) is 0. The van der Waals surface area contributed by atoms with Crippen molar-refractivity contribution >= 4 is 11.9 Å². The highest BCUT2D eigenvalue weighted by Gasteiger charge is 2.47. The van der Waals surface area contributed by atoms with E-state index >= 15 is 0 Å². The average molecular weight is 308 g/mol. The Morgan fingerprint density at radius 3 is 2.09 bits per heavy atom. The molecular formula is C18H28O4. The van der Waals surface area contributed by atoms with Gasteiger partial charge in [0.1, 0.15) is 0 Å². The molecule has 0 aliphatic rings. The molecular weight excluding hydrogens is 280 g/mol. The van der Waals surface area contributed by atoms with Crippen molar-refractivity contribution in [3.63, 3.8) is 0 Å². The summed E-state index contributed by atoms with van der Waals surface area (Å²) in [4.78, 5) is 24.7. The van der Waals surface area contributed by atoms with Crippen molar-refractivity contribution in [2.24, 2.45) is 5.41 Å². The summed E-state index contributed by atoms with van der Waals surface area (Å²) >= 11 is 0. The average Bonchev–Trinajstić information content (AvgIpc) is 2.49. The van der Waals surface area contributed by atoms with Crippen LogP contribution in [0, 0.1) is 17.8 Å². The van der Waals surface area contributed by atoms with Crippen molar-refractivity contribution in [2.45, 2.75) is 59.8 Å². The number of carbonyl (C=O) groups excluding carboxylic acids is 2. The number of ether oxygens (including phenoxy) is 2. The lowest BCUT2D eigenvalue weighted by Gasteiger charge is -2.26. The minimum Gasteiger partial charge on any atom is -0.465 e. The van der Waals surface area contributed by atoms with Gasteiger partial charge in [-0.1, -0.05) is 25.0 Å². The molecule has 0 N–H and O–H groups in total. The van der Waals surface area contributed by atoms with Crippen LogP contribution < -0.4 is 0 Å². The third kappa shape index (κ3) is 5.93. The lowest BCUT2D eigenvalue weighted by atomic mass is 9.80. The molecule has 0 aromatic heterocycles. The molecule has 4 nitrogen and oxygen atoms in total. The summed E-state index contributed by atoms with van der Waals surface area (Å²) in [6, 6.07) is 0. The zero-order valence-electron chi connectivity index (χ0n) is 14.2. The van der Waals surface area contributed by atoms with Crippen LogP contribution in [0.1, 0.15) is 59.8 Å². The van der Waals surface area contributed by atoms with Crippen LogP contribution in [0.25, 0.3) is 0 Å². The smallest absolute Gasteiger partial charge is 0.324 e. The topological polar surface area (TPSA) is 52.6 Å². The maximum absolute atomic E-state index is 12.4. The third-order valence-electron chi connectivity index (χ3n) is 3.46. The second-order valence-electron chi connectivity index (χ2n) is 5.26. The first-order valence-electron chi connectivity index (χ1n) is 7.91. The molecule has 0 bridgehead atoms. The van der Waals surface area contributed by atoms with Crippen LogP contribution in [0.2, 0.25) is 0 Å². The van der Waals surface area contributed by atoms with Crippen LogP contribution in [0.5, 0.6) is 0 Å². The summed E-state index contributed by atoms with van der Waals surface area (Å²) in [5.74, 6) is 1.21. The minimum atomic E-state index is -1.44. The molecule has 0 atom stereocenters. The second-order valence-corrected chi connectivity index (χ2v) is 5.26. The first-order chi connectivity index (χ1) is 10.5. The Morgan fingerprint density at radius 2 is 1.68 bits per heavy atom. The first kappa shape index (κ1) is 20.2. The van der Waals surface area contributed by atoms with Gasteiger partial charge in [-0.3, -0.25) is 9.59 Å². The monoisotopic (exact) mass is 308 g/mol. The van der Waals surface area contributed by atoms with Crippen LogP contribution in [-0.4, -0.2) is 25.2 Å². The lowest BCUT2D eigenvalue weighted by molar-refractivity contribution is -0.171. The predicted molar refractivity (Wildman–Crippen MR) is 87.0 cm³/mol. The van der Waals surface area contributed by atoms with E-state index in [4.69, 9.17) is 15.9 Å². The maximum atomic E-state index is 12.4. The Hall–Kier alpha value is -1.76. The van der Waals surface area contributed by atoms with E-state index in [2.05, 4.69) is 12.8 Å². The van der Waals surface area contributed by atoms with Crippen molar-refractivity contribution < 1.29 is 19.1 Å². The van der Waals surface area contributed by atoms with Gasteiger partial charge in [0.25, 0.3) is 0 Å². The Morgan fingerprint density at radius 1 is 1.14 bits per heavy atom. The van der Waals surface area contributed by atoms with Crippen LogP contribution in [0.3, 0.4) is 0 Å². The largest absolute Gasteiger partial charge is 0.465 e. The first-order valence-corrected chi connectivity index (χ1v) is 7.91. The fraction of sp³-hybridized carbons (Fsp3) is 0.667. The highest BCUT2D eigenvalue weighted by atomic mass is 16.6. The Bertz CT molecular complexity index is 411. The molecule has 0 fully saturated rings. The fourth-order valence-electron chi connectivity index (χ4n) is 2.09. The van der Waals surface area contributed by atoms with Gasteiger partial charge in [-0.15, -0.1) is 12.3 Å². The summed E-state index contributed by atoms with van der Waals surface area (Å²) in [5.41, 5.74) is -0.300. The molecule has 124 valence electrons. The molecule has 0 aromatic carbocycles. The van der Waals surface area contributed by atoms with Crippen LogP contribution in [-0.2, 0) is 19.1 Å². The number of allylic oxidation sites excluding steroid dienone is 2. The van der Waals surface area contributed by atoms with E-state index in [1.807, 2.05) is 13.0 Å². The Labute approximate surface area is 134 Å². The van der Waals surface area contributed by atoms with Crippen LogP contribution in [0.4, 0.5) is 0 Å². The highest BCUT2D eigenvalue weighted by molar-refractivity contribution is 6.00. The summed E-state index contributed by atoms with van der Waals surface area (Å²) in [6.07, 6.45) is 10.6. The van der Waals surface area contributed by atoms with Gasteiger partial charge >= 0.3 is 11.9 Å². The molecule has 0 rings (SSSR count). The molecule has 0 saturated heterocycles. The van der Waals surface area contributed by atoms with Crippen molar-refractivity contribution in [1.29, 1.82) is 0 Å². The second kappa shape index (κ2) is 10.9. The molecule has 0 heterocycles. The Kier molecular flexibility index (Phi) is 10.0. The van der Waals surface area contributed by atoms with Gasteiger partial charge in [-0.05, 0) is 40.0 Å². The molecule has 22 heavy (non-hydrogen) atoms. The number of unbranched alkanes of at least 4 members (excludes halogenated alkanes) is 1. The van der Waals surface area contributed by atoms with Crippen LogP contribution in [0.15, 0.2) is 11.6 Å². The van der Waals surface area contributed by atoms with Gasteiger partial charge in [-0.2, -0.15) is 0 Å². The van der Waals surface area contributed by atoms with Crippen molar-refractivity contribution in [3.05, 3.63) is 11.6 Å². The highest BCUT2D eigenvalue weighted by Crippen LogP contribution is 2.32. The quantitative estimate of drug-likeness (QED) is 0.267. The molecule has 0 unspecified atom stereocenters. The van der Waals surface area contributed by atoms with E-state index in [0.717, 1.165) is 24.8 Å². The van der Waals surface area contributed by atoms with Crippen LogP contribution >= 0.6 is 0 Å². The zero-order valence-corrected chi connectivity index (χ0v) is 14.2.